The van der Waals surface area contributed by atoms with Gasteiger partial charge in [-0.05, 0) is 74.9 Å². The van der Waals surface area contributed by atoms with Gasteiger partial charge in [-0.15, -0.1) is 0 Å². The number of unbranched alkanes of at least 4 members (excludes halogenated alkanes) is 2. The molecule has 0 spiro atoms. The number of nitrogens with zero attached hydrogens (tertiary/aromatic N) is 2. The van der Waals surface area contributed by atoms with E-state index in [1.807, 2.05) is 55.5 Å². The smallest absolute Gasteiger partial charge is 0.246 e. The lowest BCUT2D eigenvalue weighted by Gasteiger charge is -2.36. The molecule has 11 heteroatoms. The van der Waals surface area contributed by atoms with E-state index in [2.05, 4.69) is 20.9 Å². The van der Waals surface area contributed by atoms with Crippen LogP contribution in [0.2, 0.25) is 0 Å². The van der Waals surface area contributed by atoms with Crippen molar-refractivity contribution in [2.45, 2.75) is 100 Å². The number of aromatic nitrogens is 1. The Kier molecular flexibility index (Phi) is 11.3. The molecule has 9 nitrogen and oxygen atoms in total. The number of fused-ring (bicyclic) bond motifs is 1. The molecule has 1 aromatic carbocycles. The summed E-state index contributed by atoms with van der Waals surface area (Å²) in [5.74, 6) is -0.496. The number of carbonyl (C=O) groups excluding carboxylic acids is 4. The van der Waals surface area contributed by atoms with Gasteiger partial charge in [0.25, 0.3) is 0 Å². The molecule has 2 aliphatic rings. The Balaban J connectivity index is 1.43. The van der Waals surface area contributed by atoms with Crippen LogP contribution in [0.25, 0.3) is 0 Å². The number of hydrogen-bond acceptors (Lipinski definition) is 7. The van der Waals surface area contributed by atoms with Gasteiger partial charge in [-0.2, -0.15) is 0 Å². The van der Waals surface area contributed by atoms with Crippen LogP contribution >= 0.6 is 21.6 Å². The predicted molar refractivity (Wildman–Crippen MR) is 167 cm³/mol. The topological polar surface area (TPSA) is 120 Å². The second kappa shape index (κ2) is 14.9. The van der Waals surface area contributed by atoms with Crippen LogP contribution in [0.15, 0.2) is 59.8 Å². The third-order valence-corrected chi connectivity index (χ3v) is 10.1. The van der Waals surface area contributed by atoms with E-state index in [-0.39, 0.29) is 24.3 Å². The molecule has 226 valence electrons. The van der Waals surface area contributed by atoms with E-state index in [1.54, 1.807) is 46.5 Å². The van der Waals surface area contributed by atoms with Crippen LogP contribution in [0.5, 0.6) is 0 Å². The summed E-state index contributed by atoms with van der Waals surface area (Å²) in [6, 6.07) is 12.8. The summed E-state index contributed by atoms with van der Waals surface area (Å²) in [6.45, 7) is 5.16. The second-order valence-electron chi connectivity index (χ2n) is 11.5. The molecular weight excluding hydrogens is 571 g/mol. The van der Waals surface area contributed by atoms with Gasteiger partial charge in [-0.1, -0.05) is 60.0 Å². The average Bonchev–Trinajstić information content (AvgIpc) is 3.36. The number of amides is 4. The number of rotatable bonds is 10. The fourth-order valence-electron chi connectivity index (χ4n) is 5.35. The zero-order chi connectivity index (χ0) is 30.1. The zero-order valence-electron chi connectivity index (χ0n) is 24.5. The third kappa shape index (κ3) is 8.50. The normalized spacial score (nSPS) is 24.6. The van der Waals surface area contributed by atoms with Crippen molar-refractivity contribution in [2.24, 2.45) is 0 Å². The SMILES string of the molecule is CC1CC[C@@H]2C(=O)N[C@@H](CCCCCSSc3ccccn3)C(=O)NC(C)(C)C(=O)N[C@@H](Cc3ccccc3)C(=O)N12. The van der Waals surface area contributed by atoms with Gasteiger partial charge in [0.15, 0.2) is 0 Å². The highest BCUT2D eigenvalue weighted by atomic mass is 33.1. The first-order valence-electron chi connectivity index (χ1n) is 14.7. The summed E-state index contributed by atoms with van der Waals surface area (Å²) < 4.78 is 0. The van der Waals surface area contributed by atoms with E-state index < -0.39 is 35.5 Å². The van der Waals surface area contributed by atoms with Gasteiger partial charge in [0.2, 0.25) is 23.6 Å². The summed E-state index contributed by atoms with van der Waals surface area (Å²) in [5, 5.41) is 9.66. The molecule has 1 unspecified atom stereocenters. The van der Waals surface area contributed by atoms with Crippen LogP contribution in [0.3, 0.4) is 0 Å². The molecule has 0 aliphatic carbocycles. The highest BCUT2D eigenvalue weighted by Crippen LogP contribution is 2.30. The summed E-state index contributed by atoms with van der Waals surface area (Å²) in [5.41, 5.74) is -0.393. The molecule has 4 rings (SSSR count). The summed E-state index contributed by atoms with van der Waals surface area (Å²) >= 11 is 0. The molecule has 3 N–H and O–H groups in total. The van der Waals surface area contributed by atoms with Crippen LogP contribution < -0.4 is 16.0 Å². The van der Waals surface area contributed by atoms with Crippen LogP contribution in [0, 0.1) is 0 Å². The minimum Gasteiger partial charge on any atom is -0.343 e. The highest BCUT2D eigenvalue weighted by molar-refractivity contribution is 8.76. The Bertz CT molecular complexity index is 1230. The van der Waals surface area contributed by atoms with Gasteiger partial charge in [0, 0.05) is 24.4 Å². The van der Waals surface area contributed by atoms with Crippen molar-refractivity contribution in [1.29, 1.82) is 0 Å². The zero-order valence-corrected chi connectivity index (χ0v) is 26.1. The lowest BCUT2D eigenvalue weighted by Crippen LogP contribution is -2.65. The van der Waals surface area contributed by atoms with E-state index >= 15 is 0 Å². The fourth-order valence-corrected chi connectivity index (χ4v) is 7.38. The van der Waals surface area contributed by atoms with Crippen molar-refractivity contribution >= 4 is 45.2 Å². The maximum absolute atomic E-state index is 13.9. The molecule has 3 heterocycles. The summed E-state index contributed by atoms with van der Waals surface area (Å²) in [4.78, 5) is 60.3. The van der Waals surface area contributed by atoms with Gasteiger partial charge in [0.1, 0.15) is 28.7 Å². The quantitative estimate of drug-likeness (QED) is 0.276. The molecule has 0 bridgehead atoms. The van der Waals surface area contributed by atoms with Crippen molar-refractivity contribution in [3.05, 3.63) is 60.3 Å². The predicted octanol–water partition coefficient (Wildman–Crippen LogP) is 3.88. The molecule has 2 aliphatic heterocycles. The highest BCUT2D eigenvalue weighted by Gasteiger charge is 2.44. The monoisotopic (exact) mass is 611 g/mol. The Morgan fingerprint density at radius 1 is 0.905 bits per heavy atom. The molecule has 2 aromatic rings. The summed E-state index contributed by atoms with van der Waals surface area (Å²) in [7, 11) is 3.39. The first-order valence-corrected chi connectivity index (χ1v) is 17.0. The van der Waals surface area contributed by atoms with Gasteiger partial charge >= 0.3 is 0 Å². The largest absolute Gasteiger partial charge is 0.343 e. The first kappa shape index (κ1) is 31.9. The lowest BCUT2D eigenvalue weighted by atomic mass is 9.98. The van der Waals surface area contributed by atoms with E-state index in [0.717, 1.165) is 35.6 Å². The first-order chi connectivity index (χ1) is 20.2. The number of benzene rings is 1. The number of carbonyl (C=O) groups is 4. The minimum atomic E-state index is -1.29. The Labute approximate surface area is 256 Å². The molecule has 0 saturated carbocycles. The summed E-state index contributed by atoms with van der Waals surface area (Å²) in [6.07, 6.45) is 6.29. The van der Waals surface area contributed by atoms with Crippen LogP contribution in [0.4, 0.5) is 0 Å². The Morgan fingerprint density at radius 3 is 2.40 bits per heavy atom. The number of pyridine rings is 1. The van der Waals surface area contributed by atoms with E-state index in [9.17, 15) is 19.2 Å². The van der Waals surface area contributed by atoms with Crippen molar-refractivity contribution in [2.75, 3.05) is 5.75 Å². The van der Waals surface area contributed by atoms with Crippen molar-refractivity contribution in [3.63, 3.8) is 0 Å². The lowest BCUT2D eigenvalue weighted by molar-refractivity contribution is -0.145. The van der Waals surface area contributed by atoms with Crippen molar-refractivity contribution in [3.8, 4) is 0 Å². The number of hydrogen-bond donors (Lipinski definition) is 3. The average molecular weight is 612 g/mol. The Morgan fingerprint density at radius 2 is 1.67 bits per heavy atom. The maximum atomic E-state index is 13.9. The van der Waals surface area contributed by atoms with E-state index in [0.29, 0.717) is 19.3 Å². The second-order valence-corrected chi connectivity index (χ2v) is 13.9. The molecular formula is C31H41N5O4S2. The molecule has 42 heavy (non-hydrogen) atoms. The minimum absolute atomic E-state index is 0.159. The Hall–Kier alpha value is -3.05. The maximum Gasteiger partial charge on any atom is 0.246 e. The standard InChI is InChI=1S/C31H41N5O4S2/c1-21-16-17-25-28(38)33-23(14-8-5-11-19-41-42-26-15-9-10-18-32-26)27(37)35-31(2,3)30(40)34-24(29(39)36(21)25)20-22-12-6-4-7-13-22/h4,6-7,9-10,12-13,15,18,21,23-25H,5,8,11,14,16-17,19-20H2,1-3H3,(H,33,38)(H,34,40)(H,35,37)/t21?,23-,24-,25+/m0/s1. The molecule has 1 aromatic heterocycles. The molecule has 4 amide bonds. The van der Waals surface area contributed by atoms with Crippen molar-refractivity contribution in [1.82, 2.24) is 25.8 Å². The van der Waals surface area contributed by atoms with E-state index in [1.165, 1.54) is 0 Å². The van der Waals surface area contributed by atoms with Crippen LogP contribution in [-0.4, -0.2) is 69.0 Å². The van der Waals surface area contributed by atoms with Crippen molar-refractivity contribution < 1.29 is 19.2 Å². The number of nitrogens with one attached hydrogen (secondary N) is 3. The third-order valence-electron chi connectivity index (χ3n) is 7.75. The van der Waals surface area contributed by atoms with Gasteiger partial charge in [-0.3, -0.25) is 19.2 Å². The van der Waals surface area contributed by atoms with Gasteiger partial charge in [0.05, 0.1) is 0 Å². The molecule has 0 radical (unpaired) electrons. The van der Waals surface area contributed by atoms with Crippen LogP contribution in [-0.2, 0) is 25.6 Å². The molecule has 2 fully saturated rings. The fraction of sp³-hybridized carbons (Fsp3) is 0.516. The van der Waals surface area contributed by atoms with E-state index in [4.69, 9.17) is 0 Å². The van der Waals surface area contributed by atoms with Crippen LogP contribution in [0.1, 0.15) is 64.9 Å². The van der Waals surface area contributed by atoms with Gasteiger partial charge < -0.3 is 20.9 Å². The van der Waals surface area contributed by atoms with Gasteiger partial charge in [-0.25, -0.2) is 4.98 Å². The molecule has 4 atom stereocenters. The molecule has 2 saturated heterocycles.